The number of anilines is 3. The van der Waals surface area contributed by atoms with E-state index in [2.05, 4.69) is 26.3 Å². The van der Waals surface area contributed by atoms with Crippen molar-refractivity contribution in [1.82, 2.24) is 14.9 Å². The molecular formula is C24H36ClN5O4. The highest BCUT2D eigenvalue weighted by atomic mass is 35.5. The first-order valence-corrected chi connectivity index (χ1v) is 12.0. The SMILES string of the molecule is COCCCN(C[C@@H](O)COC)C1CCCc2c(ccc(Nc3ncc(Cl)c(N)n3)c2OC)C1. The Morgan fingerprint density at radius 1 is 1.29 bits per heavy atom. The summed E-state index contributed by atoms with van der Waals surface area (Å²) in [6, 6.07) is 4.44. The van der Waals surface area contributed by atoms with Crippen molar-refractivity contribution in [2.45, 2.75) is 44.2 Å². The summed E-state index contributed by atoms with van der Waals surface area (Å²) in [6.45, 7) is 2.45. The largest absolute Gasteiger partial charge is 0.494 e. The van der Waals surface area contributed by atoms with Gasteiger partial charge in [-0.2, -0.15) is 4.98 Å². The Kier molecular flexibility index (Phi) is 10.2. The molecule has 1 aromatic heterocycles. The summed E-state index contributed by atoms with van der Waals surface area (Å²) >= 11 is 5.95. The molecule has 34 heavy (non-hydrogen) atoms. The molecule has 188 valence electrons. The number of aliphatic hydroxyl groups is 1. The third-order valence-corrected chi connectivity index (χ3v) is 6.40. The second-order valence-corrected chi connectivity index (χ2v) is 8.94. The monoisotopic (exact) mass is 493 g/mol. The summed E-state index contributed by atoms with van der Waals surface area (Å²) in [5, 5.41) is 13.9. The molecule has 1 unspecified atom stereocenters. The van der Waals surface area contributed by atoms with Crippen molar-refractivity contribution < 1.29 is 19.3 Å². The number of aliphatic hydroxyl groups excluding tert-OH is 1. The van der Waals surface area contributed by atoms with E-state index < -0.39 is 6.10 Å². The van der Waals surface area contributed by atoms with Crippen LogP contribution in [-0.2, 0) is 22.3 Å². The lowest BCUT2D eigenvalue weighted by Crippen LogP contribution is -2.43. The van der Waals surface area contributed by atoms with Crippen LogP contribution in [0.1, 0.15) is 30.4 Å². The number of nitrogens with zero attached hydrogens (tertiary/aromatic N) is 3. The van der Waals surface area contributed by atoms with Gasteiger partial charge in [0.25, 0.3) is 0 Å². The standard InChI is InChI=1S/C24H36ClN5O4/c1-32-11-5-10-30(14-18(31)15-33-2)17-6-4-7-19-16(12-17)8-9-21(22(19)34-3)28-24-27-13-20(25)23(26)29-24/h8-9,13,17-18,31H,4-7,10-12,14-15H2,1-3H3,(H3,26,27,28,29)/t17?,18-/m1/s1. The summed E-state index contributed by atoms with van der Waals surface area (Å²) in [6.07, 6.45) is 5.69. The van der Waals surface area contributed by atoms with Crippen molar-refractivity contribution in [2.75, 3.05) is 58.7 Å². The zero-order valence-corrected chi connectivity index (χ0v) is 21.0. The molecule has 2 atom stereocenters. The average molecular weight is 494 g/mol. The molecule has 1 heterocycles. The van der Waals surface area contributed by atoms with Crippen LogP contribution in [0.2, 0.25) is 5.02 Å². The summed E-state index contributed by atoms with van der Waals surface area (Å²) in [5.74, 6) is 1.38. The van der Waals surface area contributed by atoms with Crippen molar-refractivity contribution in [2.24, 2.45) is 0 Å². The predicted molar refractivity (Wildman–Crippen MR) is 134 cm³/mol. The van der Waals surface area contributed by atoms with E-state index >= 15 is 0 Å². The minimum Gasteiger partial charge on any atom is -0.494 e. The number of nitrogen functional groups attached to an aromatic ring is 1. The van der Waals surface area contributed by atoms with Gasteiger partial charge in [-0.05, 0) is 49.3 Å². The van der Waals surface area contributed by atoms with Crippen molar-refractivity contribution >= 4 is 29.1 Å². The molecule has 4 N–H and O–H groups in total. The van der Waals surface area contributed by atoms with Crippen LogP contribution in [0.25, 0.3) is 0 Å². The third-order valence-electron chi connectivity index (χ3n) is 6.11. The molecule has 0 fully saturated rings. The van der Waals surface area contributed by atoms with Crippen LogP contribution in [-0.4, -0.2) is 79.8 Å². The number of aromatic nitrogens is 2. The molecule has 1 aromatic carbocycles. The number of ether oxygens (including phenoxy) is 3. The maximum atomic E-state index is 10.4. The first-order chi connectivity index (χ1) is 16.5. The molecule has 0 bridgehead atoms. The number of nitrogens with two attached hydrogens (primary N) is 1. The van der Waals surface area contributed by atoms with Gasteiger partial charge >= 0.3 is 0 Å². The number of benzene rings is 1. The molecule has 1 aliphatic carbocycles. The molecule has 10 heteroatoms. The molecule has 1 aliphatic rings. The van der Waals surface area contributed by atoms with Gasteiger partial charge in [-0.15, -0.1) is 0 Å². The van der Waals surface area contributed by atoms with Crippen LogP contribution < -0.4 is 15.8 Å². The van der Waals surface area contributed by atoms with E-state index in [0.717, 1.165) is 50.1 Å². The van der Waals surface area contributed by atoms with Gasteiger partial charge in [0, 0.05) is 40.0 Å². The molecule has 2 aromatic rings. The van der Waals surface area contributed by atoms with Crippen LogP contribution in [0.15, 0.2) is 18.3 Å². The highest BCUT2D eigenvalue weighted by molar-refractivity contribution is 6.32. The highest BCUT2D eigenvalue weighted by Crippen LogP contribution is 2.37. The fraction of sp³-hybridized carbons (Fsp3) is 0.583. The Morgan fingerprint density at radius 3 is 2.82 bits per heavy atom. The number of methoxy groups -OCH3 is 3. The van der Waals surface area contributed by atoms with Gasteiger partial charge < -0.3 is 30.4 Å². The zero-order valence-electron chi connectivity index (χ0n) is 20.2. The van der Waals surface area contributed by atoms with Crippen LogP contribution in [0.5, 0.6) is 5.75 Å². The van der Waals surface area contributed by atoms with Crippen molar-refractivity contribution in [3.05, 3.63) is 34.5 Å². The molecule has 0 saturated carbocycles. The van der Waals surface area contributed by atoms with E-state index in [4.69, 9.17) is 31.5 Å². The van der Waals surface area contributed by atoms with Crippen LogP contribution >= 0.6 is 11.6 Å². The Bertz CT molecular complexity index is 932. The van der Waals surface area contributed by atoms with Gasteiger partial charge in [0.05, 0.1) is 31.7 Å². The molecule has 9 nitrogen and oxygen atoms in total. The van der Waals surface area contributed by atoms with Gasteiger partial charge in [-0.3, -0.25) is 4.90 Å². The summed E-state index contributed by atoms with van der Waals surface area (Å²) < 4.78 is 16.2. The summed E-state index contributed by atoms with van der Waals surface area (Å²) in [7, 11) is 5.01. The van der Waals surface area contributed by atoms with Crippen LogP contribution in [0.3, 0.4) is 0 Å². The number of nitrogens with one attached hydrogen (secondary N) is 1. The quantitative estimate of drug-likeness (QED) is 0.303. The molecule has 0 radical (unpaired) electrons. The van der Waals surface area contributed by atoms with Gasteiger partial charge in [0.1, 0.15) is 16.6 Å². The Labute approximate surface area is 206 Å². The third kappa shape index (κ3) is 6.93. The lowest BCUT2D eigenvalue weighted by molar-refractivity contribution is 0.0226. The minimum absolute atomic E-state index is 0.222. The number of hydrogen-bond donors (Lipinski definition) is 3. The van der Waals surface area contributed by atoms with E-state index in [1.54, 1.807) is 21.3 Å². The lowest BCUT2D eigenvalue weighted by Gasteiger charge is -2.33. The van der Waals surface area contributed by atoms with E-state index in [-0.39, 0.29) is 5.82 Å². The average Bonchev–Trinajstić information content (AvgIpc) is 3.03. The molecule has 3 rings (SSSR count). The Hall–Kier alpha value is -2.17. The molecule has 0 amide bonds. The van der Waals surface area contributed by atoms with Crippen molar-refractivity contribution in [1.29, 1.82) is 0 Å². The number of rotatable bonds is 12. The fourth-order valence-corrected chi connectivity index (χ4v) is 4.65. The van der Waals surface area contributed by atoms with Gasteiger partial charge in [-0.1, -0.05) is 17.7 Å². The van der Waals surface area contributed by atoms with Gasteiger partial charge in [0.2, 0.25) is 5.95 Å². The maximum absolute atomic E-state index is 10.4. The van der Waals surface area contributed by atoms with E-state index in [1.165, 1.54) is 17.3 Å². The predicted octanol–water partition coefficient (Wildman–Crippen LogP) is 3.06. The number of hydrogen-bond acceptors (Lipinski definition) is 9. The second kappa shape index (κ2) is 13.1. The maximum Gasteiger partial charge on any atom is 0.229 e. The Morgan fingerprint density at radius 2 is 2.12 bits per heavy atom. The summed E-state index contributed by atoms with van der Waals surface area (Å²) in [4.78, 5) is 10.8. The smallest absolute Gasteiger partial charge is 0.229 e. The lowest BCUT2D eigenvalue weighted by atomic mass is 9.98. The Balaban J connectivity index is 1.82. The topological polar surface area (TPSA) is 115 Å². The second-order valence-electron chi connectivity index (χ2n) is 8.54. The zero-order chi connectivity index (χ0) is 24.5. The summed E-state index contributed by atoms with van der Waals surface area (Å²) in [5.41, 5.74) is 9.05. The minimum atomic E-state index is -0.525. The molecular weight excluding hydrogens is 458 g/mol. The van der Waals surface area contributed by atoms with E-state index in [0.29, 0.717) is 36.8 Å². The molecule has 0 saturated heterocycles. The van der Waals surface area contributed by atoms with E-state index in [1.807, 2.05) is 6.07 Å². The first-order valence-electron chi connectivity index (χ1n) is 11.6. The van der Waals surface area contributed by atoms with Gasteiger partial charge in [0.15, 0.2) is 0 Å². The van der Waals surface area contributed by atoms with Crippen molar-refractivity contribution in [3.63, 3.8) is 0 Å². The normalized spacial score (nSPS) is 16.7. The first kappa shape index (κ1) is 26.4. The van der Waals surface area contributed by atoms with Gasteiger partial charge in [-0.25, -0.2) is 4.98 Å². The fourth-order valence-electron chi connectivity index (χ4n) is 4.56. The van der Waals surface area contributed by atoms with Crippen LogP contribution in [0, 0.1) is 0 Å². The number of fused-ring (bicyclic) bond motifs is 1. The number of halogens is 1. The molecule has 0 spiro atoms. The van der Waals surface area contributed by atoms with Crippen LogP contribution in [0.4, 0.5) is 17.5 Å². The van der Waals surface area contributed by atoms with E-state index in [9.17, 15) is 5.11 Å². The molecule has 0 aliphatic heterocycles. The van der Waals surface area contributed by atoms with Crippen molar-refractivity contribution in [3.8, 4) is 5.75 Å². The highest BCUT2D eigenvalue weighted by Gasteiger charge is 2.27.